The molecule has 6 nitrogen and oxygen atoms in total. The third-order valence-electron chi connectivity index (χ3n) is 4.17. The van der Waals surface area contributed by atoms with E-state index in [4.69, 9.17) is 4.74 Å². The number of piperidine rings is 1. The summed E-state index contributed by atoms with van der Waals surface area (Å²) in [7, 11) is 1.63. The Hall–Kier alpha value is -1.14. The molecule has 2 saturated heterocycles. The van der Waals surface area contributed by atoms with Gasteiger partial charge in [0.1, 0.15) is 0 Å². The molecule has 0 aliphatic carbocycles. The molecule has 2 atom stereocenters. The van der Waals surface area contributed by atoms with Gasteiger partial charge in [-0.15, -0.1) is 0 Å². The van der Waals surface area contributed by atoms with E-state index in [1.807, 2.05) is 0 Å². The van der Waals surface area contributed by atoms with Crippen molar-refractivity contribution in [2.45, 2.75) is 25.8 Å². The first-order valence-corrected chi connectivity index (χ1v) is 7.40. The number of nitrogens with zero attached hydrogens (tertiary/aromatic N) is 2. The molecule has 20 heavy (non-hydrogen) atoms. The van der Waals surface area contributed by atoms with Crippen molar-refractivity contribution in [1.29, 1.82) is 0 Å². The summed E-state index contributed by atoms with van der Waals surface area (Å²) in [6, 6.07) is 0.386. The molecular weight excluding hydrogens is 258 g/mol. The summed E-state index contributed by atoms with van der Waals surface area (Å²) in [6.45, 7) is 5.64. The Labute approximate surface area is 120 Å². The first-order chi connectivity index (χ1) is 9.61. The average Bonchev–Trinajstić information content (AvgIpc) is 2.45. The predicted octanol–water partition coefficient (Wildman–Crippen LogP) is -0.308. The zero-order valence-electron chi connectivity index (χ0n) is 12.4. The highest BCUT2D eigenvalue weighted by atomic mass is 16.5. The quantitative estimate of drug-likeness (QED) is 0.769. The number of amides is 2. The summed E-state index contributed by atoms with van der Waals surface area (Å²) in [6.07, 6.45) is 1.75. The maximum Gasteiger partial charge on any atom is 0.242 e. The van der Waals surface area contributed by atoms with Gasteiger partial charge in [-0.25, -0.2) is 0 Å². The topological polar surface area (TPSA) is 61.9 Å². The molecule has 0 saturated carbocycles. The third-order valence-corrected chi connectivity index (χ3v) is 4.17. The van der Waals surface area contributed by atoms with Crippen molar-refractivity contribution in [3.05, 3.63) is 0 Å². The molecule has 2 aliphatic rings. The lowest BCUT2D eigenvalue weighted by atomic mass is 9.92. The molecule has 2 heterocycles. The maximum absolute atomic E-state index is 12.5. The minimum atomic E-state index is 0.0311. The highest BCUT2D eigenvalue weighted by molar-refractivity contribution is 5.87. The van der Waals surface area contributed by atoms with Crippen LogP contribution in [-0.2, 0) is 14.3 Å². The lowest BCUT2D eigenvalue weighted by Gasteiger charge is -2.37. The SMILES string of the molecule is COCCN1CCN(C(=O)[C@H]2CCN[C@@H](C)C2)CC1=O. The molecule has 2 aliphatic heterocycles. The minimum Gasteiger partial charge on any atom is -0.383 e. The number of ether oxygens (including phenoxy) is 1. The van der Waals surface area contributed by atoms with Crippen molar-refractivity contribution < 1.29 is 14.3 Å². The lowest BCUT2D eigenvalue weighted by molar-refractivity contribution is -0.148. The summed E-state index contributed by atoms with van der Waals surface area (Å²) in [4.78, 5) is 28.0. The lowest BCUT2D eigenvalue weighted by Crippen LogP contribution is -2.55. The largest absolute Gasteiger partial charge is 0.383 e. The van der Waals surface area contributed by atoms with Gasteiger partial charge in [-0.3, -0.25) is 9.59 Å². The minimum absolute atomic E-state index is 0.0311. The molecular formula is C14H25N3O3. The summed E-state index contributed by atoms with van der Waals surface area (Å²) in [5.41, 5.74) is 0. The van der Waals surface area contributed by atoms with Gasteiger partial charge in [0.25, 0.3) is 0 Å². The van der Waals surface area contributed by atoms with Crippen LogP contribution in [0.25, 0.3) is 0 Å². The van der Waals surface area contributed by atoms with Crippen LogP contribution >= 0.6 is 0 Å². The third kappa shape index (κ3) is 3.70. The summed E-state index contributed by atoms with van der Waals surface area (Å²) in [5, 5.41) is 3.35. The Kier molecular flexibility index (Phi) is 5.37. The molecule has 2 fully saturated rings. The fraction of sp³-hybridized carbons (Fsp3) is 0.857. The molecule has 1 N–H and O–H groups in total. The van der Waals surface area contributed by atoms with Gasteiger partial charge in [-0.2, -0.15) is 0 Å². The first-order valence-electron chi connectivity index (χ1n) is 7.40. The zero-order valence-corrected chi connectivity index (χ0v) is 12.4. The Morgan fingerprint density at radius 3 is 2.90 bits per heavy atom. The van der Waals surface area contributed by atoms with Crippen molar-refractivity contribution >= 4 is 11.8 Å². The molecule has 0 aromatic heterocycles. The standard InChI is InChI=1S/C14H25N3O3/c1-11-9-12(3-4-15-11)14(19)17-6-5-16(7-8-20-2)13(18)10-17/h11-12,15H,3-10H2,1-2H3/t11-,12-/m0/s1. The van der Waals surface area contributed by atoms with Crippen LogP contribution in [0.5, 0.6) is 0 Å². The average molecular weight is 283 g/mol. The van der Waals surface area contributed by atoms with E-state index in [1.54, 1.807) is 16.9 Å². The number of methoxy groups -OCH3 is 1. The number of hydrogen-bond acceptors (Lipinski definition) is 4. The van der Waals surface area contributed by atoms with E-state index in [9.17, 15) is 9.59 Å². The van der Waals surface area contributed by atoms with Gasteiger partial charge < -0.3 is 19.9 Å². The number of carbonyl (C=O) groups is 2. The van der Waals surface area contributed by atoms with E-state index in [-0.39, 0.29) is 24.3 Å². The summed E-state index contributed by atoms with van der Waals surface area (Å²) in [5.74, 6) is 0.256. The molecule has 6 heteroatoms. The van der Waals surface area contributed by atoms with E-state index in [0.29, 0.717) is 32.3 Å². The van der Waals surface area contributed by atoms with Crippen LogP contribution in [-0.4, -0.2) is 74.1 Å². The van der Waals surface area contributed by atoms with E-state index < -0.39 is 0 Å². The van der Waals surface area contributed by atoms with Crippen molar-refractivity contribution in [1.82, 2.24) is 15.1 Å². The molecule has 2 rings (SSSR count). The second-order valence-corrected chi connectivity index (χ2v) is 5.71. The van der Waals surface area contributed by atoms with E-state index in [1.165, 1.54) is 0 Å². The van der Waals surface area contributed by atoms with Gasteiger partial charge in [0.15, 0.2) is 0 Å². The van der Waals surface area contributed by atoms with Gasteiger partial charge in [0, 0.05) is 38.7 Å². The second kappa shape index (κ2) is 7.04. The highest BCUT2D eigenvalue weighted by Crippen LogP contribution is 2.19. The van der Waals surface area contributed by atoms with Crippen LogP contribution in [0.1, 0.15) is 19.8 Å². The molecule has 0 spiro atoms. The molecule has 0 aromatic rings. The fourth-order valence-electron chi connectivity index (χ4n) is 2.95. The van der Waals surface area contributed by atoms with Crippen molar-refractivity contribution in [3.63, 3.8) is 0 Å². The number of hydrogen-bond donors (Lipinski definition) is 1. The maximum atomic E-state index is 12.5. The predicted molar refractivity (Wildman–Crippen MR) is 75.2 cm³/mol. The smallest absolute Gasteiger partial charge is 0.242 e. The fourth-order valence-corrected chi connectivity index (χ4v) is 2.95. The Morgan fingerprint density at radius 2 is 2.25 bits per heavy atom. The van der Waals surface area contributed by atoms with Crippen LogP contribution < -0.4 is 5.32 Å². The highest BCUT2D eigenvalue weighted by Gasteiger charge is 2.32. The van der Waals surface area contributed by atoms with Gasteiger partial charge in [-0.05, 0) is 26.3 Å². The number of nitrogens with one attached hydrogen (secondary N) is 1. The number of rotatable bonds is 4. The first kappa shape index (κ1) is 15.3. The zero-order chi connectivity index (χ0) is 14.5. The van der Waals surface area contributed by atoms with Gasteiger partial charge in [0.2, 0.25) is 11.8 Å². The van der Waals surface area contributed by atoms with Crippen molar-refractivity contribution in [2.24, 2.45) is 5.92 Å². The number of carbonyl (C=O) groups excluding carboxylic acids is 2. The van der Waals surface area contributed by atoms with E-state index >= 15 is 0 Å². The second-order valence-electron chi connectivity index (χ2n) is 5.71. The van der Waals surface area contributed by atoms with Gasteiger partial charge in [0.05, 0.1) is 13.2 Å². The van der Waals surface area contributed by atoms with E-state index in [0.717, 1.165) is 19.4 Å². The summed E-state index contributed by atoms with van der Waals surface area (Å²) < 4.78 is 4.99. The van der Waals surface area contributed by atoms with Gasteiger partial charge >= 0.3 is 0 Å². The molecule has 2 amide bonds. The Morgan fingerprint density at radius 1 is 1.45 bits per heavy atom. The molecule has 0 unspecified atom stereocenters. The van der Waals surface area contributed by atoms with Gasteiger partial charge in [-0.1, -0.05) is 0 Å². The molecule has 0 radical (unpaired) electrons. The molecule has 0 aromatic carbocycles. The van der Waals surface area contributed by atoms with Crippen LogP contribution in [0, 0.1) is 5.92 Å². The van der Waals surface area contributed by atoms with Crippen LogP contribution in [0.3, 0.4) is 0 Å². The molecule has 0 bridgehead atoms. The van der Waals surface area contributed by atoms with Crippen LogP contribution in [0.2, 0.25) is 0 Å². The number of piperazine rings is 1. The van der Waals surface area contributed by atoms with Crippen LogP contribution in [0.4, 0.5) is 0 Å². The Balaban J connectivity index is 1.85. The Bertz CT molecular complexity index is 362. The van der Waals surface area contributed by atoms with Crippen molar-refractivity contribution in [2.75, 3.05) is 46.4 Å². The monoisotopic (exact) mass is 283 g/mol. The van der Waals surface area contributed by atoms with E-state index in [2.05, 4.69) is 12.2 Å². The van der Waals surface area contributed by atoms with Crippen molar-refractivity contribution in [3.8, 4) is 0 Å². The summed E-state index contributed by atoms with van der Waals surface area (Å²) >= 11 is 0. The molecule has 114 valence electrons. The van der Waals surface area contributed by atoms with Crippen LogP contribution in [0.15, 0.2) is 0 Å². The normalized spacial score (nSPS) is 27.8.